The molecule has 20 heavy (non-hydrogen) atoms. The topological polar surface area (TPSA) is 85.3 Å². The molecule has 0 spiro atoms. The van der Waals surface area contributed by atoms with Crippen LogP contribution < -0.4 is 10.5 Å². The lowest BCUT2D eigenvalue weighted by atomic mass is 10.2. The van der Waals surface area contributed by atoms with Crippen molar-refractivity contribution in [3.8, 4) is 0 Å². The summed E-state index contributed by atoms with van der Waals surface area (Å²) in [6.45, 7) is 3.54. The number of hydrogen-bond acceptors (Lipinski definition) is 4. The minimum absolute atomic E-state index is 0.0815. The maximum absolute atomic E-state index is 12.2. The molecule has 1 aromatic heterocycles. The first-order chi connectivity index (χ1) is 9.29. The van der Waals surface area contributed by atoms with Crippen LogP contribution in [0.2, 0.25) is 5.02 Å². The molecular weight excluding hydrogens is 300 g/mol. The van der Waals surface area contributed by atoms with Gasteiger partial charge in [-0.1, -0.05) is 11.6 Å². The Labute approximate surface area is 122 Å². The van der Waals surface area contributed by atoms with Crippen molar-refractivity contribution >= 4 is 27.3 Å². The molecule has 0 saturated heterocycles. The van der Waals surface area contributed by atoms with Crippen LogP contribution in [-0.4, -0.2) is 8.42 Å². The van der Waals surface area contributed by atoms with Gasteiger partial charge in [-0.15, -0.1) is 0 Å². The van der Waals surface area contributed by atoms with Crippen molar-refractivity contribution in [2.75, 3.05) is 5.73 Å². The number of nitrogen functional groups attached to an aromatic ring is 1. The van der Waals surface area contributed by atoms with Crippen molar-refractivity contribution in [2.24, 2.45) is 0 Å². The van der Waals surface area contributed by atoms with Crippen LogP contribution in [0.15, 0.2) is 33.6 Å². The minimum Gasteiger partial charge on any atom is -0.465 e. The van der Waals surface area contributed by atoms with E-state index in [1.165, 1.54) is 12.1 Å². The summed E-state index contributed by atoms with van der Waals surface area (Å²) in [6.07, 6.45) is 0. The fraction of sp³-hybridized carbons (Fsp3) is 0.231. The Bertz CT molecular complexity index is 738. The molecule has 108 valence electrons. The molecule has 7 heteroatoms. The van der Waals surface area contributed by atoms with Gasteiger partial charge in [0, 0.05) is 0 Å². The fourth-order valence-corrected chi connectivity index (χ4v) is 3.25. The van der Waals surface area contributed by atoms with Gasteiger partial charge in [-0.2, -0.15) is 0 Å². The predicted molar refractivity (Wildman–Crippen MR) is 78.1 cm³/mol. The number of nitrogens with two attached hydrogens (primary N) is 1. The van der Waals surface area contributed by atoms with E-state index >= 15 is 0 Å². The molecule has 0 bridgehead atoms. The van der Waals surface area contributed by atoms with E-state index in [0.29, 0.717) is 16.3 Å². The van der Waals surface area contributed by atoms with Crippen molar-refractivity contribution in [2.45, 2.75) is 25.3 Å². The highest BCUT2D eigenvalue weighted by Gasteiger charge is 2.18. The van der Waals surface area contributed by atoms with Crippen molar-refractivity contribution in [3.63, 3.8) is 0 Å². The zero-order valence-corrected chi connectivity index (χ0v) is 12.7. The second kappa shape index (κ2) is 5.47. The maximum Gasteiger partial charge on any atom is 0.241 e. The zero-order valence-electron chi connectivity index (χ0n) is 11.1. The second-order valence-electron chi connectivity index (χ2n) is 4.48. The molecule has 3 N–H and O–H groups in total. The minimum atomic E-state index is -3.67. The van der Waals surface area contributed by atoms with Crippen LogP contribution in [0.25, 0.3) is 0 Å². The van der Waals surface area contributed by atoms with Crippen molar-refractivity contribution in [3.05, 3.63) is 46.4 Å². The van der Waals surface area contributed by atoms with E-state index in [9.17, 15) is 8.42 Å². The van der Waals surface area contributed by atoms with E-state index in [4.69, 9.17) is 21.8 Å². The van der Waals surface area contributed by atoms with E-state index in [2.05, 4.69) is 4.72 Å². The standard InChI is InChI=1S/C13H15ClN2O3S/c1-8-5-11(14)12(15)6-13(8)20(17,18)16-7-10-4-3-9(2)19-10/h3-6,16H,7,15H2,1-2H3. The van der Waals surface area contributed by atoms with Gasteiger partial charge in [0.1, 0.15) is 11.5 Å². The quantitative estimate of drug-likeness (QED) is 0.849. The Morgan fingerprint density at radius 3 is 2.60 bits per heavy atom. The zero-order chi connectivity index (χ0) is 14.9. The van der Waals surface area contributed by atoms with Gasteiger partial charge in [0.05, 0.1) is 22.2 Å². The van der Waals surface area contributed by atoms with Gasteiger partial charge in [-0.25, -0.2) is 13.1 Å². The number of aryl methyl sites for hydroxylation is 2. The Morgan fingerprint density at radius 1 is 1.30 bits per heavy atom. The number of furan rings is 1. The van der Waals surface area contributed by atoms with Crippen LogP contribution in [0, 0.1) is 13.8 Å². The lowest BCUT2D eigenvalue weighted by Crippen LogP contribution is -2.24. The van der Waals surface area contributed by atoms with Gasteiger partial charge in [0.2, 0.25) is 10.0 Å². The second-order valence-corrected chi connectivity index (χ2v) is 6.62. The predicted octanol–water partition coefficient (Wildman–Crippen LogP) is 2.61. The third kappa shape index (κ3) is 3.15. The number of nitrogens with one attached hydrogen (secondary N) is 1. The summed E-state index contributed by atoms with van der Waals surface area (Å²) < 4.78 is 32.3. The van der Waals surface area contributed by atoms with Crippen LogP contribution in [0.3, 0.4) is 0 Å². The van der Waals surface area contributed by atoms with Crippen LogP contribution >= 0.6 is 11.6 Å². The number of halogens is 1. The highest BCUT2D eigenvalue weighted by molar-refractivity contribution is 7.89. The summed E-state index contributed by atoms with van der Waals surface area (Å²) in [5, 5.41) is 0.336. The number of anilines is 1. The summed E-state index contributed by atoms with van der Waals surface area (Å²) in [4.78, 5) is 0.114. The SMILES string of the molecule is Cc1ccc(CNS(=O)(=O)c2cc(N)c(Cl)cc2C)o1. The normalized spacial score (nSPS) is 11.8. The van der Waals surface area contributed by atoms with Gasteiger partial charge < -0.3 is 10.2 Å². The number of hydrogen-bond donors (Lipinski definition) is 2. The Balaban J connectivity index is 2.24. The van der Waals surface area contributed by atoms with E-state index in [1.807, 2.05) is 0 Å². The average Bonchev–Trinajstić information content (AvgIpc) is 2.77. The molecule has 0 aliphatic carbocycles. The molecule has 0 fully saturated rings. The van der Waals surface area contributed by atoms with Crippen molar-refractivity contribution in [1.29, 1.82) is 0 Å². The third-order valence-electron chi connectivity index (χ3n) is 2.82. The lowest BCUT2D eigenvalue weighted by molar-refractivity contribution is 0.475. The van der Waals surface area contributed by atoms with Gasteiger partial charge >= 0.3 is 0 Å². The summed E-state index contributed by atoms with van der Waals surface area (Å²) in [5.74, 6) is 1.27. The summed E-state index contributed by atoms with van der Waals surface area (Å²) >= 11 is 5.86. The molecule has 0 unspecified atom stereocenters. The molecule has 0 atom stereocenters. The molecule has 0 amide bonds. The number of benzene rings is 1. The molecule has 1 heterocycles. The highest BCUT2D eigenvalue weighted by atomic mass is 35.5. The fourth-order valence-electron chi connectivity index (χ4n) is 1.78. The van der Waals surface area contributed by atoms with E-state index < -0.39 is 10.0 Å². The molecule has 5 nitrogen and oxygen atoms in total. The number of sulfonamides is 1. The first-order valence-electron chi connectivity index (χ1n) is 5.90. The Hall–Kier alpha value is -1.50. The van der Waals surface area contributed by atoms with Gasteiger partial charge in [-0.3, -0.25) is 0 Å². The van der Waals surface area contributed by atoms with E-state index in [-0.39, 0.29) is 17.1 Å². The summed E-state index contributed by atoms with van der Waals surface area (Å²) in [5.41, 5.74) is 6.42. The first-order valence-corrected chi connectivity index (χ1v) is 7.76. The van der Waals surface area contributed by atoms with Gasteiger partial charge in [0.15, 0.2) is 0 Å². The first kappa shape index (κ1) is 14.9. The summed E-state index contributed by atoms with van der Waals surface area (Å²) in [6, 6.07) is 6.38. The number of rotatable bonds is 4. The molecule has 1 aromatic carbocycles. The molecule has 0 saturated carbocycles. The van der Waals surface area contributed by atoms with Crippen LogP contribution in [0.5, 0.6) is 0 Å². The van der Waals surface area contributed by atoms with Crippen LogP contribution in [-0.2, 0) is 16.6 Å². The molecule has 0 aliphatic rings. The summed E-state index contributed by atoms with van der Waals surface area (Å²) in [7, 11) is -3.67. The van der Waals surface area contributed by atoms with Gasteiger partial charge in [-0.05, 0) is 43.7 Å². The van der Waals surface area contributed by atoms with Crippen molar-refractivity contribution < 1.29 is 12.8 Å². The molecule has 2 rings (SSSR count). The molecular formula is C13H15ClN2O3S. The highest BCUT2D eigenvalue weighted by Crippen LogP contribution is 2.26. The van der Waals surface area contributed by atoms with Crippen molar-refractivity contribution in [1.82, 2.24) is 4.72 Å². The average molecular weight is 315 g/mol. The maximum atomic E-state index is 12.2. The largest absolute Gasteiger partial charge is 0.465 e. The third-order valence-corrected chi connectivity index (χ3v) is 4.69. The van der Waals surface area contributed by atoms with Crippen LogP contribution in [0.1, 0.15) is 17.1 Å². The molecule has 2 aromatic rings. The van der Waals surface area contributed by atoms with Gasteiger partial charge in [0.25, 0.3) is 0 Å². The van der Waals surface area contributed by atoms with E-state index in [0.717, 1.165) is 5.76 Å². The smallest absolute Gasteiger partial charge is 0.241 e. The Morgan fingerprint density at radius 2 is 2.00 bits per heavy atom. The Kier molecular flexibility index (Phi) is 4.08. The monoisotopic (exact) mass is 314 g/mol. The lowest BCUT2D eigenvalue weighted by Gasteiger charge is -2.10. The molecule has 0 aliphatic heterocycles. The van der Waals surface area contributed by atoms with Crippen LogP contribution in [0.4, 0.5) is 5.69 Å². The molecule has 0 radical (unpaired) electrons. The van der Waals surface area contributed by atoms with E-state index in [1.54, 1.807) is 26.0 Å².